The summed E-state index contributed by atoms with van der Waals surface area (Å²) in [4.78, 5) is 0. The van der Waals surface area contributed by atoms with E-state index in [0.29, 0.717) is 13.1 Å². The smallest absolute Gasteiger partial charge is 0.0771 e. The minimum atomic E-state index is -0.524. The first-order chi connectivity index (χ1) is 9.18. The van der Waals surface area contributed by atoms with E-state index in [1.165, 1.54) is 38.5 Å². The van der Waals surface area contributed by atoms with Gasteiger partial charge in [-0.05, 0) is 25.2 Å². The molecule has 3 nitrogen and oxygen atoms in total. The molecule has 1 unspecified atom stereocenters. The maximum absolute atomic E-state index is 10.5. The Morgan fingerprint density at radius 2 is 1.63 bits per heavy atom. The summed E-state index contributed by atoms with van der Waals surface area (Å²) in [5.74, 6) is 0.734. The Balaban J connectivity index is 1.61. The molecular formula is C16H31NO2. The minimum absolute atomic E-state index is 0.238. The third-order valence-corrected chi connectivity index (χ3v) is 4.95. The van der Waals surface area contributed by atoms with E-state index >= 15 is 0 Å². The van der Waals surface area contributed by atoms with Crippen molar-refractivity contribution in [2.75, 3.05) is 13.1 Å². The normalized spacial score (nSPS) is 26.2. The van der Waals surface area contributed by atoms with Crippen molar-refractivity contribution in [3.05, 3.63) is 0 Å². The van der Waals surface area contributed by atoms with Crippen molar-refractivity contribution in [2.24, 2.45) is 5.92 Å². The number of hydrogen-bond acceptors (Lipinski definition) is 3. The van der Waals surface area contributed by atoms with Crippen LogP contribution in [0.15, 0.2) is 0 Å². The molecule has 3 N–H and O–H groups in total. The van der Waals surface area contributed by atoms with Gasteiger partial charge in [-0.15, -0.1) is 0 Å². The van der Waals surface area contributed by atoms with Gasteiger partial charge >= 0.3 is 0 Å². The second-order valence-electron chi connectivity index (χ2n) is 6.81. The maximum Gasteiger partial charge on any atom is 0.0771 e. The fourth-order valence-corrected chi connectivity index (χ4v) is 3.75. The van der Waals surface area contributed by atoms with Crippen molar-refractivity contribution in [3.63, 3.8) is 0 Å². The molecule has 0 aliphatic heterocycles. The van der Waals surface area contributed by atoms with Gasteiger partial charge in [0, 0.05) is 13.1 Å². The lowest BCUT2D eigenvalue weighted by Crippen LogP contribution is -2.42. The van der Waals surface area contributed by atoms with Crippen molar-refractivity contribution in [3.8, 4) is 0 Å². The molecule has 0 amide bonds. The van der Waals surface area contributed by atoms with Gasteiger partial charge in [-0.2, -0.15) is 0 Å². The number of aliphatic hydroxyl groups excluding tert-OH is 1. The average Bonchev–Trinajstić information content (AvgIpc) is 2.77. The zero-order chi connectivity index (χ0) is 13.6. The van der Waals surface area contributed by atoms with E-state index in [-0.39, 0.29) is 6.10 Å². The highest BCUT2D eigenvalue weighted by atomic mass is 16.3. The van der Waals surface area contributed by atoms with E-state index in [9.17, 15) is 10.2 Å². The van der Waals surface area contributed by atoms with Crippen LogP contribution in [0, 0.1) is 5.92 Å². The summed E-state index contributed by atoms with van der Waals surface area (Å²) in [6, 6.07) is 0. The zero-order valence-corrected chi connectivity index (χ0v) is 12.2. The molecule has 0 saturated heterocycles. The number of aliphatic hydroxyl groups is 2. The molecule has 2 aliphatic rings. The molecule has 2 rings (SSSR count). The summed E-state index contributed by atoms with van der Waals surface area (Å²) in [5, 5.41) is 23.8. The molecule has 2 fully saturated rings. The van der Waals surface area contributed by atoms with Gasteiger partial charge in [0.05, 0.1) is 11.7 Å². The molecule has 0 bridgehead atoms. The highest BCUT2D eigenvalue weighted by molar-refractivity contribution is 4.83. The second-order valence-corrected chi connectivity index (χ2v) is 6.81. The number of rotatable bonds is 6. The first-order valence-corrected chi connectivity index (χ1v) is 8.29. The quantitative estimate of drug-likeness (QED) is 0.650. The van der Waals surface area contributed by atoms with Gasteiger partial charge in [0.25, 0.3) is 0 Å². The molecule has 0 heterocycles. The van der Waals surface area contributed by atoms with Gasteiger partial charge < -0.3 is 15.5 Å². The van der Waals surface area contributed by atoms with E-state index in [1.54, 1.807) is 0 Å². The van der Waals surface area contributed by atoms with Crippen molar-refractivity contribution >= 4 is 0 Å². The van der Waals surface area contributed by atoms with Gasteiger partial charge in [0.2, 0.25) is 0 Å². The Labute approximate surface area is 117 Å². The molecule has 19 heavy (non-hydrogen) atoms. The van der Waals surface area contributed by atoms with Crippen LogP contribution in [0.3, 0.4) is 0 Å². The van der Waals surface area contributed by atoms with Gasteiger partial charge in [0.15, 0.2) is 0 Å². The summed E-state index contributed by atoms with van der Waals surface area (Å²) in [5.41, 5.74) is -0.524. The highest BCUT2D eigenvalue weighted by Gasteiger charge is 2.27. The van der Waals surface area contributed by atoms with Crippen LogP contribution < -0.4 is 5.32 Å². The van der Waals surface area contributed by atoms with Crippen LogP contribution >= 0.6 is 0 Å². The molecule has 2 aliphatic carbocycles. The zero-order valence-electron chi connectivity index (χ0n) is 12.2. The Bertz CT molecular complexity index is 243. The van der Waals surface area contributed by atoms with Crippen molar-refractivity contribution in [2.45, 2.75) is 82.3 Å². The van der Waals surface area contributed by atoms with E-state index in [2.05, 4.69) is 5.32 Å². The Morgan fingerprint density at radius 3 is 2.26 bits per heavy atom. The van der Waals surface area contributed by atoms with Crippen LogP contribution in [0.4, 0.5) is 0 Å². The largest absolute Gasteiger partial charge is 0.392 e. The SMILES string of the molecule is OC(CNCC1(O)CCCCCC1)CC1CCCC1. The average molecular weight is 269 g/mol. The fraction of sp³-hybridized carbons (Fsp3) is 1.00. The molecule has 0 aromatic rings. The fourth-order valence-electron chi connectivity index (χ4n) is 3.75. The maximum atomic E-state index is 10.5. The van der Waals surface area contributed by atoms with Crippen LogP contribution in [0.1, 0.15) is 70.6 Å². The van der Waals surface area contributed by atoms with Gasteiger partial charge in [-0.1, -0.05) is 51.4 Å². The molecular weight excluding hydrogens is 238 g/mol. The summed E-state index contributed by atoms with van der Waals surface area (Å²) in [6.45, 7) is 1.29. The van der Waals surface area contributed by atoms with Crippen molar-refractivity contribution in [1.82, 2.24) is 5.32 Å². The molecule has 0 spiro atoms. The minimum Gasteiger partial charge on any atom is -0.392 e. The molecule has 112 valence electrons. The summed E-state index contributed by atoms with van der Waals surface area (Å²) >= 11 is 0. The monoisotopic (exact) mass is 269 g/mol. The Hall–Kier alpha value is -0.120. The van der Waals surface area contributed by atoms with E-state index < -0.39 is 5.60 Å². The van der Waals surface area contributed by atoms with Crippen LogP contribution in [-0.4, -0.2) is 35.0 Å². The second kappa shape index (κ2) is 7.61. The third kappa shape index (κ3) is 5.41. The first-order valence-electron chi connectivity index (χ1n) is 8.29. The first kappa shape index (κ1) is 15.3. The summed E-state index contributed by atoms with van der Waals surface area (Å²) in [7, 11) is 0. The van der Waals surface area contributed by atoms with Crippen LogP contribution in [0.25, 0.3) is 0 Å². The molecule has 1 atom stereocenters. The van der Waals surface area contributed by atoms with Gasteiger partial charge in [-0.25, -0.2) is 0 Å². The van der Waals surface area contributed by atoms with Gasteiger partial charge in [0.1, 0.15) is 0 Å². The van der Waals surface area contributed by atoms with E-state index in [0.717, 1.165) is 38.0 Å². The van der Waals surface area contributed by atoms with Crippen molar-refractivity contribution < 1.29 is 10.2 Å². The topological polar surface area (TPSA) is 52.5 Å². The molecule has 3 heteroatoms. The predicted octanol–water partition coefficient (Wildman–Crippen LogP) is 2.60. The molecule has 0 aromatic carbocycles. The molecule has 0 aromatic heterocycles. The van der Waals surface area contributed by atoms with Gasteiger partial charge in [-0.3, -0.25) is 0 Å². The third-order valence-electron chi connectivity index (χ3n) is 4.95. The summed E-state index contributed by atoms with van der Waals surface area (Å²) in [6.07, 6.45) is 12.6. The standard InChI is InChI=1S/C16H31NO2/c18-15(11-14-7-3-4-8-14)12-17-13-16(19)9-5-1-2-6-10-16/h14-15,17-19H,1-13H2. The van der Waals surface area contributed by atoms with Crippen LogP contribution in [0.2, 0.25) is 0 Å². The number of nitrogens with one attached hydrogen (secondary N) is 1. The lowest BCUT2D eigenvalue weighted by Gasteiger charge is -2.27. The van der Waals surface area contributed by atoms with E-state index in [1.807, 2.05) is 0 Å². The lowest BCUT2D eigenvalue weighted by atomic mass is 9.94. The Morgan fingerprint density at radius 1 is 1.00 bits per heavy atom. The van der Waals surface area contributed by atoms with Crippen LogP contribution in [0.5, 0.6) is 0 Å². The van der Waals surface area contributed by atoms with E-state index in [4.69, 9.17) is 0 Å². The molecule has 2 saturated carbocycles. The van der Waals surface area contributed by atoms with Crippen LogP contribution in [-0.2, 0) is 0 Å². The molecule has 0 radical (unpaired) electrons. The Kier molecular flexibility index (Phi) is 6.11. The van der Waals surface area contributed by atoms with Crippen molar-refractivity contribution in [1.29, 1.82) is 0 Å². The number of hydrogen-bond donors (Lipinski definition) is 3. The highest BCUT2D eigenvalue weighted by Crippen LogP contribution is 2.29. The summed E-state index contributed by atoms with van der Waals surface area (Å²) < 4.78 is 0. The lowest BCUT2D eigenvalue weighted by molar-refractivity contribution is 0.0216. The predicted molar refractivity (Wildman–Crippen MR) is 78.1 cm³/mol.